The predicted octanol–water partition coefficient (Wildman–Crippen LogP) is 1.92. The molecule has 0 atom stereocenters. The number of pyridine rings is 1. The number of aryl methyl sites for hydroxylation is 1. The molecule has 74 valence electrons. The smallest absolute Gasteiger partial charge is 0.160 e. The van der Waals surface area contributed by atoms with Crippen molar-refractivity contribution < 1.29 is 4.52 Å². The van der Waals surface area contributed by atoms with Crippen LogP contribution in [-0.2, 0) is 0 Å². The fourth-order valence-electron chi connectivity index (χ4n) is 1.46. The first-order valence-corrected chi connectivity index (χ1v) is 4.56. The Morgan fingerprint density at radius 1 is 1.40 bits per heavy atom. The molecule has 3 aromatic heterocycles. The molecule has 0 bridgehead atoms. The topological polar surface area (TPSA) is 67.6 Å². The van der Waals surface area contributed by atoms with Crippen molar-refractivity contribution in [3.8, 4) is 11.5 Å². The second-order valence-electron chi connectivity index (χ2n) is 3.30. The lowest BCUT2D eigenvalue weighted by Gasteiger charge is -1.83. The Morgan fingerprint density at radius 2 is 2.33 bits per heavy atom. The second-order valence-corrected chi connectivity index (χ2v) is 3.30. The summed E-state index contributed by atoms with van der Waals surface area (Å²) >= 11 is 0. The van der Waals surface area contributed by atoms with Crippen LogP contribution in [-0.4, -0.2) is 20.1 Å². The Labute approximate surface area is 85.1 Å². The van der Waals surface area contributed by atoms with Gasteiger partial charge in [0.1, 0.15) is 11.5 Å². The van der Waals surface area contributed by atoms with E-state index in [0.29, 0.717) is 11.5 Å². The Kier molecular flexibility index (Phi) is 1.58. The van der Waals surface area contributed by atoms with E-state index in [-0.39, 0.29) is 0 Å². The Bertz CT molecular complexity index is 577. The van der Waals surface area contributed by atoms with Gasteiger partial charge >= 0.3 is 0 Å². The monoisotopic (exact) mass is 200 g/mol. The van der Waals surface area contributed by atoms with Crippen molar-refractivity contribution in [3.05, 3.63) is 30.3 Å². The molecule has 0 aliphatic carbocycles. The van der Waals surface area contributed by atoms with E-state index in [2.05, 4.69) is 20.1 Å². The third-order valence-corrected chi connectivity index (χ3v) is 2.15. The van der Waals surface area contributed by atoms with E-state index in [4.69, 9.17) is 4.52 Å². The number of hydrogen-bond donors (Lipinski definition) is 1. The van der Waals surface area contributed by atoms with Gasteiger partial charge in [-0.15, -0.1) is 0 Å². The second kappa shape index (κ2) is 2.91. The quantitative estimate of drug-likeness (QED) is 0.651. The number of imidazole rings is 1. The fourth-order valence-corrected chi connectivity index (χ4v) is 1.46. The molecule has 5 nitrogen and oxygen atoms in total. The molecule has 0 amide bonds. The summed E-state index contributed by atoms with van der Waals surface area (Å²) in [5.74, 6) is 1.47. The number of aromatic nitrogens is 4. The number of rotatable bonds is 1. The summed E-state index contributed by atoms with van der Waals surface area (Å²) in [5, 5.41) is 3.89. The van der Waals surface area contributed by atoms with E-state index in [9.17, 15) is 0 Å². The van der Waals surface area contributed by atoms with Gasteiger partial charge in [0.25, 0.3) is 0 Å². The van der Waals surface area contributed by atoms with Gasteiger partial charge in [0.05, 0.1) is 17.2 Å². The average molecular weight is 200 g/mol. The number of H-pyrrole nitrogens is 1. The van der Waals surface area contributed by atoms with Crippen LogP contribution in [0.1, 0.15) is 5.76 Å². The molecule has 1 N–H and O–H groups in total. The summed E-state index contributed by atoms with van der Waals surface area (Å²) in [5.41, 5.74) is 2.48. The third-order valence-electron chi connectivity index (χ3n) is 2.15. The molecule has 15 heavy (non-hydrogen) atoms. The van der Waals surface area contributed by atoms with Crippen LogP contribution in [0.15, 0.2) is 29.0 Å². The van der Waals surface area contributed by atoms with E-state index in [0.717, 1.165) is 16.8 Å². The summed E-state index contributed by atoms with van der Waals surface area (Å²) in [6, 6.07) is 3.69. The van der Waals surface area contributed by atoms with Crippen LogP contribution in [0.3, 0.4) is 0 Å². The highest BCUT2D eigenvalue weighted by Crippen LogP contribution is 2.18. The minimum Gasteiger partial charge on any atom is -0.361 e. The molecule has 3 aromatic rings. The van der Waals surface area contributed by atoms with Crippen LogP contribution < -0.4 is 0 Å². The van der Waals surface area contributed by atoms with Crippen LogP contribution in [0, 0.1) is 6.92 Å². The van der Waals surface area contributed by atoms with E-state index < -0.39 is 0 Å². The van der Waals surface area contributed by atoms with Gasteiger partial charge in [-0.3, -0.25) is 4.98 Å². The molecule has 5 heteroatoms. The maximum absolute atomic E-state index is 4.99. The molecule has 3 heterocycles. The van der Waals surface area contributed by atoms with E-state index in [1.54, 1.807) is 12.4 Å². The molecule has 0 aliphatic rings. The number of nitrogens with zero attached hydrogens (tertiary/aromatic N) is 3. The molecule has 0 spiro atoms. The Morgan fingerprint density at radius 3 is 3.07 bits per heavy atom. The Hall–Kier alpha value is -2.17. The van der Waals surface area contributed by atoms with Crippen molar-refractivity contribution in [1.29, 1.82) is 0 Å². The summed E-state index contributed by atoms with van der Waals surface area (Å²) in [4.78, 5) is 11.5. The van der Waals surface area contributed by atoms with Crippen molar-refractivity contribution in [2.45, 2.75) is 6.92 Å². The maximum Gasteiger partial charge on any atom is 0.160 e. The zero-order chi connectivity index (χ0) is 10.3. The van der Waals surface area contributed by atoms with Gasteiger partial charge in [-0.25, -0.2) is 4.98 Å². The maximum atomic E-state index is 4.99. The molecule has 0 fully saturated rings. The van der Waals surface area contributed by atoms with Gasteiger partial charge in [0.15, 0.2) is 5.82 Å². The largest absolute Gasteiger partial charge is 0.361 e. The molecule has 0 unspecified atom stereocenters. The standard InChI is InChI=1S/C10H8N4O/c1-6-4-8(14-15-6)10-12-7-2-3-11-5-9(7)13-10/h2-5H,1H3,(H,12,13). The van der Waals surface area contributed by atoms with E-state index in [1.807, 2.05) is 19.1 Å². The van der Waals surface area contributed by atoms with Crippen LogP contribution in [0.4, 0.5) is 0 Å². The molecule has 0 aliphatic heterocycles. The fraction of sp³-hybridized carbons (Fsp3) is 0.100. The molecular weight excluding hydrogens is 192 g/mol. The van der Waals surface area contributed by atoms with E-state index >= 15 is 0 Å². The lowest BCUT2D eigenvalue weighted by Crippen LogP contribution is -1.77. The summed E-state index contributed by atoms with van der Waals surface area (Å²) in [7, 11) is 0. The predicted molar refractivity (Wildman–Crippen MR) is 54.1 cm³/mol. The number of fused-ring (bicyclic) bond motifs is 1. The minimum absolute atomic E-state index is 0.704. The van der Waals surface area contributed by atoms with Crippen LogP contribution in [0.25, 0.3) is 22.6 Å². The minimum atomic E-state index is 0.704. The normalized spacial score (nSPS) is 11.0. The number of nitrogens with one attached hydrogen (secondary N) is 1. The van der Waals surface area contributed by atoms with Crippen LogP contribution in [0.5, 0.6) is 0 Å². The zero-order valence-electron chi connectivity index (χ0n) is 8.06. The van der Waals surface area contributed by atoms with Crippen molar-refractivity contribution in [1.82, 2.24) is 20.1 Å². The highest BCUT2D eigenvalue weighted by Gasteiger charge is 2.08. The lowest BCUT2D eigenvalue weighted by molar-refractivity contribution is 0.399. The van der Waals surface area contributed by atoms with Gasteiger partial charge in [-0.05, 0) is 13.0 Å². The first kappa shape index (κ1) is 8.16. The highest BCUT2D eigenvalue weighted by molar-refractivity contribution is 5.77. The van der Waals surface area contributed by atoms with Crippen molar-refractivity contribution >= 4 is 11.0 Å². The van der Waals surface area contributed by atoms with E-state index in [1.165, 1.54) is 0 Å². The summed E-state index contributed by atoms with van der Waals surface area (Å²) in [6.07, 6.45) is 3.44. The lowest BCUT2D eigenvalue weighted by atomic mass is 10.4. The highest BCUT2D eigenvalue weighted by atomic mass is 16.5. The van der Waals surface area contributed by atoms with Gasteiger partial charge in [-0.1, -0.05) is 5.16 Å². The summed E-state index contributed by atoms with van der Waals surface area (Å²) < 4.78 is 4.99. The van der Waals surface area contributed by atoms with Crippen LogP contribution in [0.2, 0.25) is 0 Å². The SMILES string of the molecule is Cc1cc(-c2nc3ccncc3[nH]2)no1. The van der Waals surface area contributed by atoms with Crippen LogP contribution >= 0.6 is 0 Å². The zero-order valence-corrected chi connectivity index (χ0v) is 8.06. The van der Waals surface area contributed by atoms with Crippen molar-refractivity contribution in [3.63, 3.8) is 0 Å². The third kappa shape index (κ3) is 1.28. The molecule has 0 saturated heterocycles. The number of aromatic amines is 1. The van der Waals surface area contributed by atoms with Gasteiger partial charge in [0.2, 0.25) is 0 Å². The van der Waals surface area contributed by atoms with Crippen molar-refractivity contribution in [2.24, 2.45) is 0 Å². The van der Waals surface area contributed by atoms with Gasteiger partial charge in [0, 0.05) is 12.3 Å². The summed E-state index contributed by atoms with van der Waals surface area (Å²) in [6.45, 7) is 1.85. The molecular formula is C10H8N4O. The molecule has 3 rings (SSSR count). The first-order chi connectivity index (χ1) is 7.33. The molecule has 0 radical (unpaired) electrons. The Balaban J connectivity index is 2.19. The van der Waals surface area contributed by atoms with Crippen molar-refractivity contribution in [2.75, 3.05) is 0 Å². The van der Waals surface area contributed by atoms with Gasteiger partial charge in [-0.2, -0.15) is 0 Å². The average Bonchev–Trinajstić information content (AvgIpc) is 2.82. The molecule has 0 saturated carbocycles. The van der Waals surface area contributed by atoms with Gasteiger partial charge < -0.3 is 9.51 Å². The molecule has 0 aromatic carbocycles. The number of hydrogen-bond acceptors (Lipinski definition) is 4. The first-order valence-electron chi connectivity index (χ1n) is 4.56.